The number of halogens is 1. The molecule has 0 amide bonds. The molecule has 96 valence electrons. The molecule has 17 heavy (non-hydrogen) atoms. The van der Waals surface area contributed by atoms with Crippen molar-refractivity contribution < 1.29 is 4.39 Å². The summed E-state index contributed by atoms with van der Waals surface area (Å²) in [4.78, 5) is 2.29. The Hall–Kier alpha value is -0.930. The molecule has 2 atom stereocenters. The Balaban J connectivity index is 2.47. The van der Waals surface area contributed by atoms with Gasteiger partial charge in [-0.1, -0.05) is 19.1 Å². The quantitative estimate of drug-likeness (QED) is 0.825. The predicted molar refractivity (Wildman–Crippen MR) is 70.3 cm³/mol. The van der Waals surface area contributed by atoms with Crippen molar-refractivity contribution in [3.63, 3.8) is 0 Å². The van der Waals surface area contributed by atoms with E-state index < -0.39 is 0 Å². The third-order valence-corrected chi connectivity index (χ3v) is 3.41. The minimum absolute atomic E-state index is 0.0859. The van der Waals surface area contributed by atoms with Gasteiger partial charge in [-0.15, -0.1) is 0 Å². The van der Waals surface area contributed by atoms with Crippen LogP contribution in [-0.4, -0.2) is 24.5 Å². The molecule has 3 heteroatoms. The van der Waals surface area contributed by atoms with Crippen molar-refractivity contribution in [1.82, 2.24) is 4.90 Å². The molecule has 2 N–H and O–H groups in total. The number of hydrogen-bond acceptors (Lipinski definition) is 2. The van der Waals surface area contributed by atoms with Crippen LogP contribution in [0, 0.1) is 5.82 Å². The zero-order valence-corrected chi connectivity index (χ0v) is 11.0. The molecular weight excluding hydrogens is 215 g/mol. The molecule has 1 aromatic carbocycles. The second-order valence-corrected chi connectivity index (χ2v) is 4.69. The molecule has 0 aromatic heterocycles. The van der Waals surface area contributed by atoms with Gasteiger partial charge in [0.05, 0.1) is 0 Å². The van der Waals surface area contributed by atoms with Crippen LogP contribution in [0.4, 0.5) is 4.39 Å². The molecule has 0 aliphatic carbocycles. The zero-order valence-electron chi connectivity index (χ0n) is 11.0. The first-order valence-electron chi connectivity index (χ1n) is 6.25. The Labute approximate surface area is 104 Å². The maximum Gasteiger partial charge on any atom is 0.123 e. The lowest BCUT2D eigenvalue weighted by Gasteiger charge is -2.25. The number of hydrogen-bond donors (Lipinski definition) is 1. The van der Waals surface area contributed by atoms with Crippen LogP contribution < -0.4 is 5.73 Å². The lowest BCUT2D eigenvalue weighted by Crippen LogP contribution is -2.31. The molecule has 0 aliphatic heterocycles. The minimum Gasteiger partial charge on any atom is -0.324 e. The van der Waals surface area contributed by atoms with Crippen molar-refractivity contribution in [2.75, 3.05) is 13.6 Å². The number of nitrogens with zero attached hydrogens (tertiary/aromatic N) is 1. The van der Waals surface area contributed by atoms with Gasteiger partial charge in [0.15, 0.2) is 0 Å². The van der Waals surface area contributed by atoms with E-state index in [-0.39, 0.29) is 11.9 Å². The van der Waals surface area contributed by atoms with Gasteiger partial charge in [-0.25, -0.2) is 4.39 Å². The summed E-state index contributed by atoms with van der Waals surface area (Å²) < 4.78 is 13.0. The van der Waals surface area contributed by atoms with Crippen LogP contribution in [-0.2, 0) is 0 Å². The third-order valence-electron chi connectivity index (χ3n) is 3.41. The van der Waals surface area contributed by atoms with E-state index in [2.05, 4.69) is 25.8 Å². The molecule has 2 unspecified atom stereocenters. The molecule has 1 aromatic rings. The monoisotopic (exact) mass is 238 g/mol. The molecule has 0 heterocycles. The number of benzene rings is 1. The summed E-state index contributed by atoms with van der Waals surface area (Å²) in [5.74, 6) is -0.215. The van der Waals surface area contributed by atoms with Gasteiger partial charge in [-0.3, -0.25) is 0 Å². The molecule has 0 bridgehead atoms. The maximum absolute atomic E-state index is 13.0. The molecule has 0 fully saturated rings. The molecule has 0 saturated heterocycles. The Kier molecular flexibility index (Phi) is 5.59. The molecule has 0 spiro atoms. The average molecular weight is 238 g/mol. The topological polar surface area (TPSA) is 29.3 Å². The highest BCUT2D eigenvalue weighted by Gasteiger charge is 2.11. The van der Waals surface area contributed by atoms with E-state index in [9.17, 15) is 4.39 Å². The van der Waals surface area contributed by atoms with E-state index >= 15 is 0 Å². The maximum atomic E-state index is 13.0. The van der Waals surface area contributed by atoms with E-state index in [4.69, 9.17) is 5.73 Å². The van der Waals surface area contributed by atoms with Crippen LogP contribution in [0.3, 0.4) is 0 Å². The fraction of sp³-hybridized carbons (Fsp3) is 0.571. The molecule has 2 nitrogen and oxygen atoms in total. The van der Waals surface area contributed by atoms with Crippen molar-refractivity contribution in [1.29, 1.82) is 0 Å². The average Bonchev–Trinajstić information content (AvgIpc) is 2.34. The Morgan fingerprint density at radius 3 is 2.71 bits per heavy atom. The lowest BCUT2D eigenvalue weighted by atomic mass is 10.0. The van der Waals surface area contributed by atoms with E-state index in [1.54, 1.807) is 6.07 Å². The van der Waals surface area contributed by atoms with Crippen molar-refractivity contribution >= 4 is 0 Å². The SMILES string of the molecule is CCC(C)N(C)CCC(N)c1cccc(F)c1. The smallest absolute Gasteiger partial charge is 0.123 e. The van der Waals surface area contributed by atoms with Crippen molar-refractivity contribution in [3.8, 4) is 0 Å². The largest absolute Gasteiger partial charge is 0.324 e. The van der Waals surface area contributed by atoms with E-state index in [1.807, 2.05) is 6.07 Å². The fourth-order valence-electron chi connectivity index (χ4n) is 1.78. The van der Waals surface area contributed by atoms with Gasteiger partial charge >= 0.3 is 0 Å². The van der Waals surface area contributed by atoms with E-state index in [0.717, 1.165) is 24.9 Å². The predicted octanol–water partition coefficient (Wildman–Crippen LogP) is 2.95. The summed E-state index contributed by atoms with van der Waals surface area (Å²) >= 11 is 0. The van der Waals surface area contributed by atoms with Crippen LogP contribution in [0.5, 0.6) is 0 Å². The van der Waals surface area contributed by atoms with Crippen molar-refractivity contribution in [2.24, 2.45) is 5.73 Å². The number of nitrogens with two attached hydrogens (primary N) is 1. The minimum atomic E-state index is -0.215. The Morgan fingerprint density at radius 1 is 1.41 bits per heavy atom. The van der Waals surface area contributed by atoms with Gasteiger partial charge in [0, 0.05) is 12.1 Å². The summed E-state index contributed by atoms with van der Waals surface area (Å²) in [6.07, 6.45) is 1.98. The van der Waals surface area contributed by atoms with Gasteiger partial charge in [0.25, 0.3) is 0 Å². The van der Waals surface area contributed by atoms with Crippen LogP contribution in [0.15, 0.2) is 24.3 Å². The lowest BCUT2D eigenvalue weighted by molar-refractivity contribution is 0.243. The van der Waals surface area contributed by atoms with Crippen molar-refractivity contribution in [2.45, 2.75) is 38.8 Å². The van der Waals surface area contributed by atoms with Gasteiger partial charge < -0.3 is 10.6 Å². The first kappa shape index (κ1) is 14.1. The molecule has 0 radical (unpaired) electrons. The first-order chi connectivity index (χ1) is 8.04. The van der Waals surface area contributed by atoms with Gasteiger partial charge in [0.1, 0.15) is 5.82 Å². The first-order valence-corrected chi connectivity index (χ1v) is 6.25. The highest BCUT2D eigenvalue weighted by molar-refractivity contribution is 5.19. The molecule has 0 saturated carbocycles. The third kappa shape index (κ3) is 4.44. The van der Waals surface area contributed by atoms with Crippen LogP contribution in [0.25, 0.3) is 0 Å². The summed E-state index contributed by atoms with van der Waals surface area (Å²) in [6.45, 7) is 5.31. The van der Waals surface area contributed by atoms with Crippen LogP contribution >= 0.6 is 0 Å². The van der Waals surface area contributed by atoms with Crippen LogP contribution in [0.2, 0.25) is 0 Å². The van der Waals surface area contributed by atoms with E-state index in [0.29, 0.717) is 6.04 Å². The highest BCUT2D eigenvalue weighted by atomic mass is 19.1. The number of rotatable bonds is 6. The van der Waals surface area contributed by atoms with Crippen molar-refractivity contribution in [3.05, 3.63) is 35.6 Å². The summed E-state index contributed by atoms with van der Waals surface area (Å²) in [5.41, 5.74) is 6.94. The van der Waals surface area contributed by atoms with Gasteiger partial charge in [-0.05, 0) is 51.1 Å². The van der Waals surface area contributed by atoms with Gasteiger partial charge in [0.2, 0.25) is 0 Å². The Morgan fingerprint density at radius 2 is 2.12 bits per heavy atom. The highest BCUT2D eigenvalue weighted by Crippen LogP contribution is 2.16. The van der Waals surface area contributed by atoms with Crippen LogP contribution in [0.1, 0.15) is 38.3 Å². The molecular formula is C14H23FN2. The standard InChI is InChI=1S/C14H23FN2/c1-4-11(2)17(3)9-8-14(16)12-6-5-7-13(15)10-12/h5-7,10-11,14H,4,8-9,16H2,1-3H3. The second-order valence-electron chi connectivity index (χ2n) is 4.69. The summed E-state index contributed by atoms with van der Waals surface area (Å²) in [6, 6.07) is 7.04. The zero-order chi connectivity index (χ0) is 12.8. The Bertz CT molecular complexity index is 341. The normalized spacial score (nSPS) is 14.9. The second kappa shape index (κ2) is 6.72. The molecule has 1 rings (SSSR count). The molecule has 0 aliphatic rings. The summed E-state index contributed by atoms with van der Waals surface area (Å²) in [5, 5.41) is 0. The van der Waals surface area contributed by atoms with Gasteiger partial charge in [-0.2, -0.15) is 0 Å². The fourth-order valence-corrected chi connectivity index (χ4v) is 1.78. The van der Waals surface area contributed by atoms with E-state index in [1.165, 1.54) is 12.1 Å². The summed E-state index contributed by atoms with van der Waals surface area (Å²) in [7, 11) is 2.10.